The Hall–Kier alpha value is -1.23. The zero-order chi connectivity index (χ0) is 12.7. The highest BCUT2D eigenvalue weighted by Gasteiger charge is 2.12. The second-order valence-corrected chi connectivity index (χ2v) is 5.29. The molecule has 0 aliphatic carbocycles. The van der Waals surface area contributed by atoms with Gasteiger partial charge in [-0.15, -0.1) is 11.3 Å². The zero-order valence-electron chi connectivity index (χ0n) is 8.82. The fourth-order valence-electron chi connectivity index (χ4n) is 1.61. The Morgan fingerprint density at radius 1 is 1.11 bits per heavy atom. The molecule has 0 N–H and O–H groups in total. The summed E-state index contributed by atoms with van der Waals surface area (Å²) in [5.74, 6) is -0.179. The third-order valence-electron chi connectivity index (χ3n) is 2.45. The first kappa shape index (κ1) is 11.8. The minimum absolute atomic E-state index is 0.245. The van der Waals surface area contributed by atoms with Crippen molar-refractivity contribution in [3.05, 3.63) is 45.6 Å². The summed E-state index contributed by atoms with van der Waals surface area (Å²) < 4.78 is 13.7. The first-order chi connectivity index (χ1) is 8.65. The van der Waals surface area contributed by atoms with Crippen molar-refractivity contribution in [3.8, 4) is 11.4 Å². The molecular formula is C12H5Cl2FN2S. The van der Waals surface area contributed by atoms with Crippen molar-refractivity contribution < 1.29 is 4.39 Å². The Kier molecular flexibility index (Phi) is 2.93. The molecule has 0 radical (unpaired) electrons. The van der Waals surface area contributed by atoms with E-state index in [1.807, 2.05) is 11.4 Å². The Morgan fingerprint density at radius 3 is 2.78 bits per heavy atom. The molecule has 0 atom stereocenters. The normalized spacial score (nSPS) is 11.1. The van der Waals surface area contributed by atoms with Crippen LogP contribution in [-0.4, -0.2) is 9.97 Å². The molecule has 0 unspecified atom stereocenters. The van der Waals surface area contributed by atoms with Crippen molar-refractivity contribution in [2.75, 3.05) is 0 Å². The molecule has 0 saturated carbocycles. The standard InChI is InChI=1S/C12H5Cl2FN2S/c13-6-1-2-9(15)8(5-6)11-16-10(14)7-3-4-18-12(7)17-11/h1-5H. The van der Waals surface area contributed by atoms with Gasteiger partial charge in [0.2, 0.25) is 0 Å². The van der Waals surface area contributed by atoms with Gasteiger partial charge in [0.15, 0.2) is 5.82 Å². The minimum atomic E-state index is -0.425. The topological polar surface area (TPSA) is 25.8 Å². The predicted molar refractivity (Wildman–Crippen MR) is 72.8 cm³/mol. The van der Waals surface area contributed by atoms with Gasteiger partial charge < -0.3 is 0 Å². The number of aromatic nitrogens is 2. The first-order valence-electron chi connectivity index (χ1n) is 5.01. The van der Waals surface area contributed by atoms with E-state index in [1.165, 1.54) is 29.5 Å². The summed E-state index contributed by atoms with van der Waals surface area (Å²) in [4.78, 5) is 9.13. The van der Waals surface area contributed by atoms with E-state index in [2.05, 4.69) is 9.97 Å². The van der Waals surface area contributed by atoms with Gasteiger partial charge >= 0.3 is 0 Å². The van der Waals surface area contributed by atoms with Gasteiger partial charge in [-0.25, -0.2) is 14.4 Å². The molecular weight excluding hydrogens is 294 g/mol. The zero-order valence-corrected chi connectivity index (χ0v) is 11.2. The predicted octanol–water partition coefficient (Wildman–Crippen LogP) is 4.80. The van der Waals surface area contributed by atoms with E-state index in [4.69, 9.17) is 23.2 Å². The van der Waals surface area contributed by atoms with Crippen molar-refractivity contribution in [2.45, 2.75) is 0 Å². The number of rotatable bonds is 1. The largest absolute Gasteiger partial charge is 0.217 e. The van der Waals surface area contributed by atoms with Crippen LogP contribution in [0.2, 0.25) is 10.2 Å². The van der Waals surface area contributed by atoms with Crippen LogP contribution < -0.4 is 0 Å². The molecule has 0 amide bonds. The third kappa shape index (κ3) is 1.96. The third-order valence-corrected chi connectivity index (χ3v) is 3.78. The maximum absolute atomic E-state index is 13.7. The van der Waals surface area contributed by atoms with Crippen molar-refractivity contribution >= 4 is 44.8 Å². The summed E-state index contributed by atoms with van der Waals surface area (Å²) >= 11 is 13.3. The lowest BCUT2D eigenvalue weighted by Gasteiger charge is -2.03. The van der Waals surface area contributed by atoms with Crippen LogP contribution in [0.15, 0.2) is 29.6 Å². The lowest BCUT2D eigenvalue weighted by atomic mass is 10.2. The maximum Gasteiger partial charge on any atom is 0.165 e. The second-order valence-electron chi connectivity index (χ2n) is 3.60. The minimum Gasteiger partial charge on any atom is -0.217 e. The number of hydrogen-bond acceptors (Lipinski definition) is 3. The summed E-state index contributed by atoms with van der Waals surface area (Å²) in [5.41, 5.74) is 0.250. The summed E-state index contributed by atoms with van der Waals surface area (Å²) in [7, 11) is 0. The van der Waals surface area contributed by atoms with Gasteiger partial charge in [-0.1, -0.05) is 23.2 Å². The maximum atomic E-state index is 13.7. The Morgan fingerprint density at radius 2 is 1.94 bits per heavy atom. The van der Waals surface area contributed by atoms with E-state index in [1.54, 1.807) is 0 Å². The number of fused-ring (bicyclic) bond motifs is 1. The number of nitrogens with zero attached hydrogens (tertiary/aromatic N) is 2. The van der Waals surface area contributed by atoms with Crippen LogP contribution >= 0.6 is 34.5 Å². The van der Waals surface area contributed by atoms with Crippen LogP contribution in [0.4, 0.5) is 4.39 Å². The van der Waals surface area contributed by atoms with Crippen molar-refractivity contribution in [1.29, 1.82) is 0 Å². The molecule has 2 nitrogen and oxygen atoms in total. The number of halogens is 3. The summed E-state index contributed by atoms with van der Waals surface area (Å²) in [5, 5.41) is 3.38. The molecule has 90 valence electrons. The Labute approximate surface area is 116 Å². The van der Waals surface area contributed by atoms with E-state index >= 15 is 0 Å². The Balaban J connectivity index is 2.27. The molecule has 18 heavy (non-hydrogen) atoms. The smallest absolute Gasteiger partial charge is 0.165 e. The average molecular weight is 299 g/mol. The molecule has 3 rings (SSSR count). The molecule has 3 aromatic rings. The highest BCUT2D eigenvalue weighted by molar-refractivity contribution is 7.16. The SMILES string of the molecule is Fc1ccc(Cl)cc1-c1nc(Cl)c2ccsc2n1. The molecule has 6 heteroatoms. The van der Waals surface area contributed by atoms with E-state index in [-0.39, 0.29) is 11.4 Å². The molecule has 2 heterocycles. The summed E-state index contributed by atoms with van der Waals surface area (Å²) in [6, 6.07) is 6.08. The number of benzene rings is 1. The van der Waals surface area contributed by atoms with Crippen LogP contribution in [0.5, 0.6) is 0 Å². The van der Waals surface area contributed by atoms with E-state index in [0.29, 0.717) is 10.2 Å². The summed E-state index contributed by atoms with van der Waals surface area (Å²) in [6.07, 6.45) is 0. The lowest BCUT2D eigenvalue weighted by Crippen LogP contribution is -1.92. The number of hydrogen-bond donors (Lipinski definition) is 0. The molecule has 0 aliphatic rings. The highest BCUT2D eigenvalue weighted by Crippen LogP contribution is 2.30. The molecule has 0 bridgehead atoms. The first-order valence-corrected chi connectivity index (χ1v) is 6.65. The fourth-order valence-corrected chi connectivity index (χ4v) is 2.83. The van der Waals surface area contributed by atoms with Gasteiger partial charge in [-0.05, 0) is 29.6 Å². The Bertz CT molecular complexity index is 742. The van der Waals surface area contributed by atoms with E-state index in [9.17, 15) is 4.39 Å². The van der Waals surface area contributed by atoms with E-state index < -0.39 is 5.82 Å². The van der Waals surface area contributed by atoms with Crippen LogP contribution in [0.3, 0.4) is 0 Å². The van der Waals surface area contributed by atoms with Gasteiger partial charge in [0.05, 0.1) is 5.56 Å². The molecule has 2 aromatic heterocycles. The van der Waals surface area contributed by atoms with Crippen molar-refractivity contribution in [2.24, 2.45) is 0 Å². The molecule has 0 fully saturated rings. The van der Waals surface area contributed by atoms with Crippen molar-refractivity contribution in [3.63, 3.8) is 0 Å². The molecule has 0 spiro atoms. The van der Waals surface area contributed by atoms with Gasteiger partial charge in [0.1, 0.15) is 15.8 Å². The monoisotopic (exact) mass is 298 g/mol. The van der Waals surface area contributed by atoms with Crippen LogP contribution in [-0.2, 0) is 0 Å². The quantitative estimate of drug-likeness (QED) is 0.603. The average Bonchev–Trinajstić information content (AvgIpc) is 2.81. The van der Waals surface area contributed by atoms with Gasteiger partial charge in [0.25, 0.3) is 0 Å². The molecule has 0 saturated heterocycles. The van der Waals surface area contributed by atoms with Gasteiger partial charge in [-0.3, -0.25) is 0 Å². The highest BCUT2D eigenvalue weighted by atomic mass is 35.5. The van der Waals surface area contributed by atoms with Gasteiger partial charge in [0, 0.05) is 10.4 Å². The lowest BCUT2D eigenvalue weighted by molar-refractivity contribution is 0.630. The van der Waals surface area contributed by atoms with E-state index in [0.717, 1.165) is 10.2 Å². The summed E-state index contributed by atoms with van der Waals surface area (Å²) in [6.45, 7) is 0. The van der Waals surface area contributed by atoms with Crippen LogP contribution in [0, 0.1) is 5.82 Å². The van der Waals surface area contributed by atoms with Crippen LogP contribution in [0.25, 0.3) is 21.6 Å². The molecule has 0 aliphatic heterocycles. The molecule has 1 aromatic carbocycles. The van der Waals surface area contributed by atoms with Gasteiger partial charge in [-0.2, -0.15) is 0 Å². The number of thiophene rings is 1. The fraction of sp³-hybridized carbons (Fsp3) is 0. The van der Waals surface area contributed by atoms with Crippen LogP contribution in [0.1, 0.15) is 0 Å². The van der Waals surface area contributed by atoms with Crippen molar-refractivity contribution in [1.82, 2.24) is 9.97 Å². The second kappa shape index (κ2) is 4.46.